The van der Waals surface area contributed by atoms with Gasteiger partial charge in [0.15, 0.2) is 0 Å². The van der Waals surface area contributed by atoms with Gasteiger partial charge in [0, 0.05) is 18.2 Å². The summed E-state index contributed by atoms with van der Waals surface area (Å²) in [7, 11) is 0.175. The third-order valence-electron chi connectivity index (χ3n) is 3.49. The van der Waals surface area contributed by atoms with Crippen LogP contribution in [0.3, 0.4) is 0 Å². The monoisotopic (exact) mass is 346 g/mol. The van der Waals surface area contributed by atoms with Crippen LogP contribution < -0.4 is 11.2 Å². The summed E-state index contributed by atoms with van der Waals surface area (Å²) in [6.45, 7) is 1.24. The Morgan fingerprint density at radius 1 is 1.57 bits per heavy atom. The van der Waals surface area contributed by atoms with Crippen LogP contribution in [-0.2, 0) is 24.7 Å². The fourth-order valence-electron chi connectivity index (χ4n) is 2.33. The first-order valence-electron chi connectivity index (χ1n) is 6.81. The number of nitrogens with one attached hydrogen (secondary N) is 1. The molecule has 1 fully saturated rings. The zero-order valence-corrected chi connectivity index (χ0v) is 13.1. The van der Waals surface area contributed by atoms with Crippen molar-refractivity contribution in [2.75, 3.05) is 6.61 Å². The molecule has 2 rings (SSSR count). The van der Waals surface area contributed by atoms with E-state index in [0.717, 1.165) is 4.57 Å². The Morgan fingerprint density at radius 2 is 2.26 bits per heavy atom. The number of hydrogen-bond donors (Lipinski definition) is 3. The zero-order valence-electron chi connectivity index (χ0n) is 12.2. The van der Waals surface area contributed by atoms with Crippen LogP contribution in [0.5, 0.6) is 0 Å². The molecule has 1 aliphatic heterocycles. The molecular formula is C11H16BN2O8P. The number of phosphoric acid groups is 1. The van der Waals surface area contributed by atoms with Crippen molar-refractivity contribution in [1.29, 1.82) is 0 Å². The summed E-state index contributed by atoms with van der Waals surface area (Å²) in [5.41, 5.74) is -0.817. The van der Waals surface area contributed by atoms with E-state index >= 15 is 0 Å². The highest BCUT2D eigenvalue weighted by molar-refractivity contribution is 7.48. The van der Waals surface area contributed by atoms with Gasteiger partial charge in [-0.2, -0.15) is 0 Å². The molecule has 0 amide bonds. The van der Waals surface area contributed by atoms with Crippen molar-refractivity contribution in [3.63, 3.8) is 0 Å². The Hall–Kier alpha value is -1.23. The number of aromatic nitrogens is 2. The highest BCUT2D eigenvalue weighted by Crippen LogP contribution is 2.47. The molecule has 0 spiro atoms. The topological polar surface area (TPSA) is 140 Å². The number of hydrogen-bond acceptors (Lipinski definition) is 7. The minimum atomic E-state index is -4.48. The van der Waals surface area contributed by atoms with Gasteiger partial charge in [0.1, 0.15) is 18.4 Å². The molecule has 0 aliphatic carbocycles. The maximum Gasteiger partial charge on any atom is 0.457 e. The predicted octanol–water partition coefficient (Wildman–Crippen LogP) is -1.04. The first-order valence-corrected chi connectivity index (χ1v) is 8.31. The molecule has 0 bridgehead atoms. The summed E-state index contributed by atoms with van der Waals surface area (Å²) in [5, 5.41) is 9.29. The highest BCUT2D eigenvalue weighted by Gasteiger charge is 2.41. The van der Waals surface area contributed by atoms with Crippen LogP contribution in [-0.4, -0.2) is 46.4 Å². The Morgan fingerprint density at radius 3 is 2.83 bits per heavy atom. The van der Waals surface area contributed by atoms with E-state index in [4.69, 9.17) is 9.26 Å². The zero-order chi connectivity index (χ0) is 17.2. The quantitative estimate of drug-likeness (QED) is 0.439. The van der Waals surface area contributed by atoms with Crippen molar-refractivity contribution in [2.24, 2.45) is 0 Å². The molecule has 10 nitrogen and oxygen atoms in total. The number of aliphatic hydroxyl groups is 1. The molecule has 1 aromatic heterocycles. The normalized spacial score (nSPS) is 27.0. The van der Waals surface area contributed by atoms with Gasteiger partial charge >= 0.3 is 13.5 Å². The minimum absolute atomic E-state index is 0.0196. The summed E-state index contributed by atoms with van der Waals surface area (Å²) >= 11 is 0. The molecule has 1 saturated heterocycles. The smallest absolute Gasteiger partial charge is 0.394 e. The standard InChI is InChI=1S/C11H16BN2O8P/c1-2-6-4-14(11(17)13-10(6)16)9-3-7(8(5-15)20-9)21-23(18,19)22-12/h4,7-9,15H,2-3,5H2,1H3,(H,18,19)(H,13,16,17)/t7-,8?,9-/m0/s1. The summed E-state index contributed by atoms with van der Waals surface area (Å²) < 4.78 is 26.6. The largest absolute Gasteiger partial charge is 0.457 e. The van der Waals surface area contributed by atoms with Crippen LogP contribution in [0.4, 0.5) is 0 Å². The third kappa shape index (κ3) is 4.00. The van der Waals surface area contributed by atoms with Gasteiger partial charge in [-0.25, -0.2) is 9.36 Å². The average molecular weight is 346 g/mol. The summed E-state index contributed by atoms with van der Waals surface area (Å²) in [4.78, 5) is 34.9. The SMILES string of the molecule is [B]OP(=O)(O)O[C@H]1C[C@@H](n2cc(CC)c(=O)[nH]c2=O)OC1CO. The van der Waals surface area contributed by atoms with Gasteiger partial charge in [0.2, 0.25) is 0 Å². The fourth-order valence-corrected chi connectivity index (χ4v) is 2.95. The summed E-state index contributed by atoms with van der Waals surface area (Å²) in [5.74, 6) is 0. The molecule has 1 aliphatic rings. The second-order valence-electron chi connectivity index (χ2n) is 4.94. The van der Waals surface area contributed by atoms with Crippen molar-refractivity contribution < 1.29 is 28.3 Å². The number of H-pyrrole nitrogens is 1. The van der Waals surface area contributed by atoms with E-state index in [1.807, 2.05) is 0 Å². The van der Waals surface area contributed by atoms with E-state index in [1.165, 1.54) is 6.20 Å². The molecule has 0 saturated carbocycles. The van der Waals surface area contributed by atoms with Gasteiger partial charge in [-0.05, 0) is 6.42 Å². The van der Waals surface area contributed by atoms with Gasteiger partial charge in [-0.3, -0.25) is 18.9 Å². The molecule has 3 N–H and O–H groups in total. The van der Waals surface area contributed by atoms with E-state index in [1.54, 1.807) is 6.92 Å². The summed E-state index contributed by atoms with van der Waals surface area (Å²) in [6, 6.07) is 0. The molecular weight excluding hydrogens is 330 g/mol. The van der Waals surface area contributed by atoms with E-state index < -0.39 is 44.1 Å². The molecule has 2 unspecified atom stereocenters. The molecule has 2 radical (unpaired) electrons. The maximum atomic E-state index is 11.9. The van der Waals surface area contributed by atoms with E-state index in [9.17, 15) is 24.2 Å². The molecule has 0 aromatic carbocycles. The van der Waals surface area contributed by atoms with Crippen LogP contribution in [0, 0.1) is 0 Å². The van der Waals surface area contributed by atoms with E-state index in [-0.39, 0.29) is 6.42 Å². The maximum absolute atomic E-state index is 11.9. The number of aromatic amines is 1. The lowest BCUT2D eigenvalue weighted by atomic mass is 10.2. The molecule has 4 atom stereocenters. The molecule has 1 aromatic rings. The van der Waals surface area contributed by atoms with Crippen molar-refractivity contribution in [1.82, 2.24) is 9.55 Å². The minimum Gasteiger partial charge on any atom is -0.394 e. The van der Waals surface area contributed by atoms with Gasteiger partial charge < -0.3 is 19.2 Å². The van der Waals surface area contributed by atoms with Crippen molar-refractivity contribution in [3.05, 3.63) is 32.6 Å². The lowest BCUT2D eigenvalue weighted by Crippen LogP contribution is -2.34. The lowest BCUT2D eigenvalue weighted by molar-refractivity contribution is -0.0449. The Kier molecular flexibility index (Phi) is 5.61. The number of nitrogens with zero attached hydrogens (tertiary/aromatic N) is 1. The van der Waals surface area contributed by atoms with Gasteiger partial charge in [-0.15, -0.1) is 0 Å². The van der Waals surface area contributed by atoms with Gasteiger partial charge in [-0.1, -0.05) is 6.92 Å². The van der Waals surface area contributed by atoms with E-state index in [0.29, 0.717) is 12.0 Å². The van der Waals surface area contributed by atoms with Crippen LogP contribution >= 0.6 is 7.82 Å². The number of ether oxygens (including phenoxy) is 1. The molecule has 126 valence electrons. The second-order valence-corrected chi connectivity index (χ2v) is 6.30. The predicted molar refractivity (Wildman–Crippen MR) is 77.9 cm³/mol. The second kappa shape index (κ2) is 7.12. The number of rotatable bonds is 6. The number of aliphatic hydroxyl groups excluding tert-OH is 1. The average Bonchev–Trinajstić information content (AvgIpc) is 2.89. The van der Waals surface area contributed by atoms with Crippen LogP contribution in [0.15, 0.2) is 15.8 Å². The molecule has 2 heterocycles. The molecule has 12 heteroatoms. The number of phosphoric ester groups is 1. The highest BCUT2D eigenvalue weighted by atomic mass is 31.2. The van der Waals surface area contributed by atoms with E-state index in [2.05, 4.69) is 17.5 Å². The van der Waals surface area contributed by atoms with Crippen LogP contribution in [0.2, 0.25) is 0 Å². The van der Waals surface area contributed by atoms with Crippen LogP contribution in [0.1, 0.15) is 25.1 Å². The van der Waals surface area contributed by atoms with Gasteiger partial charge in [0.05, 0.1) is 6.61 Å². The summed E-state index contributed by atoms with van der Waals surface area (Å²) in [6.07, 6.45) is -1.13. The fraction of sp³-hybridized carbons (Fsp3) is 0.636. The third-order valence-corrected chi connectivity index (χ3v) is 4.30. The van der Waals surface area contributed by atoms with Crippen molar-refractivity contribution in [2.45, 2.75) is 38.2 Å². The Balaban J connectivity index is 2.28. The van der Waals surface area contributed by atoms with Crippen LogP contribution in [0.25, 0.3) is 0 Å². The first-order chi connectivity index (χ1) is 10.8. The van der Waals surface area contributed by atoms with Gasteiger partial charge in [0.25, 0.3) is 13.6 Å². The van der Waals surface area contributed by atoms with Crippen molar-refractivity contribution in [3.8, 4) is 0 Å². The Bertz CT molecular complexity index is 719. The molecule has 23 heavy (non-hydrogen) atoms. The first kappa shape index (κ1) is 18.1. The Labute approximate surface area is 132 Å². The number of aryl methyl sites for hydroxylation is 1. The van der Waals surface area contributed by atoms with Crippen molar-refractivity contribution >= 4 is 15.9 Å². The lowest BCUT2D eigenvalue weighted by Gasteiger charge is -2.18.